The Kier molecular flexibility index (Phi) is 7.08. The van der Waals surface area contributed by atoms with Crippen molar-refractivity contribution in [1.29, 1.82) is 0 Å². The highest BCUT2D eigenvalue weighted by molar-refractivity contribution is 5.95. The third-order valence-corrected chi connectivity index (χ3v) is 3.24. The Hall–Kier alpha value is -2.45. The molecule has 0 spiro atoms. The van der Waals surface area contributed by atoms with E-state index >= 15 is 0 Å². The number of amides is 2. The van der Waals surface area contributed by atoms with Crippen LogP contribution in [-0.2, 0) is 16.1 Å². The summed E-state index contributed by atoms with van der Waals surface area (Å²) in [5.74, 6) is 0.694. The number of carbonyl (C=O) groups excluding carboxylic acids is 2. The molecular weight excluding hydrogens is 344 g/mol. The van der Waals surface area contributed by atoms with E-state index in [1.165, 1.54) is 0 Å². The molecule has 8 nitrogen and oxygen atoms in total. The molecule has 0 radical (unpaired) electrons. The van der Waals surface area contributed by atoms with Gasteiger partial charge in [0.15, 0.2) is 5.82 Å². The van der Waals surface area contributed by atoms with Crippen LogP contribution in [-0.4, -0.2) is 33.5 Å². The maximum atomic E-state index is 11.9. The zero-order chi connectivity index (χ0) is 17.7. The van der Waals surface area contributed by atoms with E-state index in [1.807, 2.05) is 0 Å². The molecule has 0 bridgehead atoms. The van der Waals surface area contributed by atoms with Crippen LogP contribution in [0.4, 0.5) is 5.69 Å². The number of rotatable bonds is 5. The van der Waals surface area contributed by atoms with Gasteiger partial charge in [0, 0.05) is 16.7 Å². The van der Waals surface area contributed by atoms with Crippen LogP contribution in [0.2, 0.25) is 0 Å². The molecule has 9 heteroatoms. The molecule has 0 saturated carbocycles. The molecule has 2 amide bonds. The van der Waals surface area contributed by atoms with E-state index in [-0.39, 0.29) is 30.8 Å². The number of aromatic nitrogens is 3. The smallest absolute Gasteiger partial charge is 0.243 e. The Balaban J connectivity index is 0.00000312. The van der Waals surface area contributed by atoms with Crippen molar-refractivity contribution in [2.45, 2.75) is 27.3 Å². The molecule has 5 N–H and O–H groups in total. The third kappa shape index (κ3) is 5.84. The first kappa shape index (κ1) is 20.6. The monoisotopic (exact) mass is 366 g/mol. The number of anilines is 1. The third-order valence-electron chi connectivity index (χ3n) is 3.24. The maximum absolute atomic E-state index is 11.9. The van der Waals surface area contributed by atoms with Crippen molar-refractivity contribution in [2.75, 3.05) is 11.9 Å². The average molecular weight is 367 g/mol. The second-order valence-corrected chi connectivity index (χ2v) is 6.37. The SMILES string of the molecule is CC(C)(C)C(=O)NCC(=O)Nc1ccc(-c2n[nH]c(CN)n2)cc1.Cl. The van der Waals surface area contributed by atoms with Crippen molar-refractivity contribution in [1.82, 2.24) is 20.5 Å². The highest BCUT2D eigenvalue weighted by Gasteiger charge is 2.21. The lowest BCUT2D eigenvalue weighted by atomic mass is 9.96. The topological polar surface area (TPSA) is 126 Å². The van der Waals surface area contributed by atoms with E-state index in [2.05, 4.69) is 25.8 Å². The molecule has 2 rings (SSSR count). The van der Waals surface area contributed by atoms with Gasteiger partial charge in [-0.25, -0.2) is 4.98 Å². The quantitative estimate of drug-likeness (QED) is 0.637. The van der Waals surface area contributed by atoms with E-state index in [4.69, 9.17) is 5.73 Å². The van der Waals surface area contributed by atoms with Gasteiger partial charge in [-0.1, -0.05) is 20.8 Å². The minimum atomic E-state index is -0.527. The lowest BCUT2D eigenvalue weighted by molar-refractivity contribution is -0.130. The Bertz CT molecular complexity index is 721. The molecule has 2 aromatic rings. The summed E-state index contributed by atoms with van der Waals surface area (Å²) in [5.41, 5.74) is 6.40. The van der Waals surface area contributed by atoms with Crippen LogP contribution in [0.5, 0.6) is 0 Å². The summed E-state index contributed by atoms with van der Waals surface area (Å²) in [6.07, 6.45) is 0. The van der Waals surface area contributed by atoms with E-state index in [0.717, 1.165) is 5.56 Å². The molecule has 1 aromatic carbocycles. The van der Waals surface area contributed by atoms with Crippen molar-refractivity contribution in [2.24, 2.45) is 11.1 Å². The van der Waals surface area contributed by atoms with Gasteiger partial charge in [-0.3, -0.25) is 14.7 Å². The van der Waals surface area contributed by atoms with Crippen LogP contribution in [0, 0.1) is 5.41 Å². The number of benzene rings is 1. The molecule has 0 aliphatic heterocycles. The highest BCUT2D eigenvalue weighted by atomic mass is 35.5. The fraction of sp³-hybridized carbons (Fsp3) is 0.375. The van der Waals surface area contributed by atoms with Gasteiger partial charge < -0.3 is 16.4 Å². The molecule has 25 heavy (non-hydrogen) atoms. The average Bonchev–Trinajstić information content (AvgIpc) is 3.01. The molecule has 1 heterocycles. The molecule has 0 aliphatic carbocycles. The van der Waals surface area contributed by atoms with Gasteiger partial charge >= 0.3 is 0 Å². The van der Waals surface area contributed by atoms with E-state index in [9.17, 15) is 9.59 Å². The first-order valence-corrected chi connectivity index (χ1v) is 7.59. The summed E-state index contributed by atoms with van der Waals surface area (Å²) in [7, 11) is 0. The van der Waals surface area contributed by atoms with Crippen LogP contribution in [0.3, 0.4) is 0 Å². The lowest BCUT2D eigenvalue weighted by Crippen LogP contribution is -2.39. The van der Waals surface area contributed by atoms with Gasteiger partial charge in [0.25, 0.3) is 0 Å². The zero-order valence-corrected chi connectivity index (χ0v) is 15.2. The standard InChI is InChI=1S/C16H22N6O2.ClH/c1-16(2,3)15(24)18-9-13(23)19-11-6-4-10(5-7-11)14-20-12(8-17)21-22-14;/h4-7H,8-9,17H2,1-3H3,(H,18,24)(H,19,23)(H,20,21,22);1H. The maximum Gasteiger partial charge on any atom is 0.243 e. The number of aromatic amines is 1. The van der Waals surface area contributed by atoms with Gasteiger partial charge in [0.05, 0.1) is 13.1 Å². The summed E-state index contributed by atoms with van der Waals surface area (Å²) >= 11 is 0. The fourth-order valence-corrected chi connectivity index (χ4v) is 1.85. The first-order valence-electron chi connectivity index (χ1n) is 7.59. The molecule has 0 unspecified atom stereocenters. The fourth-order valence-electron chi connectivity index (χ4n) is 1.85. The minimum absolute atomic E-state index is 0. The molecule has 1 aromatic heterocycles. The van der Waals surface area contributed by atoms with Crippen LogP contribution < -0.4 is 16.4 Å². The van der Waals surface area contributed by atoms with Crippen molar-refractivity contribution < 1.29 is 9.59 Å². The molecule has 0 fully saturated rings. The van der Waals surface area contributed by atoms with Crippen molar-refractivity contribution in [3.05, 3.63) is 30.1 Å². The molecule has 0 atom stereocenters. The number of hydrogen-bond donors (Lipinski definition) is 4. The first-order chi connectivity index (χ1) is 11.3. The largest absolute Gasteiger partial charge is 0.347 e. The summed E-state index contributed by atoms with van der Waals surface area (Å²) < 4.78 is 0. The minimum Gasteiger partial charge on any atom is -0.347 e. The van der Waals surface area contributed by atoms with Gasteiger partial charge in [-0.15, -0.1) is 12.4 Å². The Morgan fingerprint density at radius 2 is 1.84 bits per heavy atom. The normalized spacial score (nSPS) is 10.7. The number of hydrogen-bond acceptors (Lipinski definition) is 5. The number of carbonyl (C=O) groups is 2. The van der Waals surface area contributed by atoms with E-state index in [1.54, 1.807) is 45.0 Å². The number of halogens is 1. The van der Waals surface area contributed by atoms with Crippen LogP contribution >= 0.6 is 12.4 Å². The molecule has 0 aliphatic rings. The molecular formula is C16H23ClN6O2. The Labute approximate surface area is 152 Å². The Morgan fingerprint density at radius 1 is 1.20 bits per heavy atom. The van der Waals surface area contributed by atoms with Crippen LogP contribution in [0.1, 0.15) is 26.6 Å². The molecule has 0 saturated heterocycles. The zero-order valence-electron chi connectivity index (χ0n) is 14.4. The second-order valence-electron chi connectivity index (χ2n) is 6.37. The van der Waals surface area contributed by atoms with Crippen LogP contribution in [0.15, 0.2) is 24.3 Å². The van der Waals surface area contributed by atoms with E-state index < -0.39 is 5.41 Å². The summed E-state index contributed by atoms with van der Waals surface area (Å²) in [5, 5.41) is 12.1. The van der Waals surface area contributed by atoms with Gasteiger partial charge in [-0.05, 0) is 24.3 Å². The van der Waals surface area contributed by atoms with Gasteiger partial charge in [-0.2, -0.15) is 5.10 Å². The predicted octanol–water partition coefficient (Wildman–Crippen LogP) is 1.45. The molecule has 136 valence electrons. The number of nitrogens with two attached hydrogens (primary N) is 1. The van der Waals surface area contributed by atoms with Crippen molar-refractivity contribution in [3.63, 3.8) is 0 Å². The predicted molar refractivity (Wildman–Crippen MR) is 98.1 cm³/mol. The van der Waals surface area contributed by atoms with Crippen molar-refractivity contribution in [3.8, 4) is 11.4 Å². The van der Waals surface area contributed by atoms with E-state index in [0.29, 0.717) is 23.9 Å². The number of H-pyrrole nitrogens is 1. The summed E-state index contributed by atoms with van der Waals surface area (Å²) in [4.78, 5) is 27.8. The second kappa shape index (κ2) is 8.59. The van der Waals surface area contributed by atoms with Gasteiger partial charge in [0.1, 0.15) is 5.82 Å². The van der Waals surface area contributed by atoms with Crippen LogP contribution in [0.25, 0.3) is 11.4 Å². The number of nitrogens with one attached hydrogen (secondary N) is 3. The summed E-state index contributed by atoms with van der Waals surface area (Å²) in [6.45, 7) is 5.59. The Morgan fingerprint density at radius 3 is 2.36 bits per heavy atom. The lowest BCUT2D eigenvalue weighted by Gasteiger charge is -2.17. The highest BCUT2D eigenvalue weighted by Crippen LogP contribution is 2.18. The van der Waals surface area contributed by atoms with Gasteiger partial charge in [0.2, 0.25) is 11.8 Å². The van der Waals surface area contributed by atoms with Crippen molar-refractivity contribution >= 4 is 29.9 Å². The summed E-state index contributed by atoms with van der Waals surface area (Å²) in [6, 6.07) is 7.09. The number of nitrogens with zero attached hydrogens (tertiary/aromatic N) is 2.